The molecule has 25 heavy (non-hydrogen) atoms. The maximum atomic E-state index is 12.3. The van der Waals surface area contributed by atoms with E-state index in [0.29, 0.717) is 31.1 Å². The number of hydrogen-bond acceptors (Lipinski definition) is 4. The molecule has 1 heterocycles. The van der Waals surface area contributed by atoms with Crippen molar-refractivity contribution < 1.29 is 19.1 Å². The van der Waals surface area contributed by atoms with Gasteiger partial charge in [0.25, 0.3) is 0 Å². The van der Waals surface area contributed by atoms with Crippen molar-refractivity contribution in [3.63, 3.8) is 0 Å². The molecule has 1 aromatic rings. The van der Waals surface area contributed by atoms with E-state index in [1.54, 1.807) is 12.1 Å². The van der Waals surface area contributed by atoms with Gasteiger partial charge in [-0.2, -0.15) is 0 Å². The van der Waals surface area contributed by atoms with Gasteiger partial charge in [-0.25, -0.2) is 4.79 Å². The predicted octanol–water partition coefficient (Wildman–Crippen LogP) is 1.74. The van der Waals surface area contributed by atoms with E-state index in [9.17, 15) is 14.4 Å². The standard InChI is InChI=1S/C18H23N3O4/c1-25-18(24)20-15-6-4-12(5-7-15)9-19-17(23)14-8-16(22)21(11-14)10-13-2-3-13/h4-7,13-14H,2-3,8-11H2,1H3,(H,19,23)(H,20,24)/t14-/m0/s1. The number of anilines is 1. The quantitative estimate of drug-likeness (QED) is 0.822. The molecule has 3 amide bonds. The molecule has 2 fully saturated rings. The Balaban J connectivity index is 1.45. The summed E-state index contributed by atoms with van der Waals surface area (Å²) in [4.78, 5) is 37.2. The Hall–Kier alpha value is -2.57. The number of methoxy groups -OCH3 is 1. The van der Waals surface area contributed by atoms with Crippen LogP contribution >= 0.6 is 0 Å². The summed E-state index contributed by atoms with van der Waals surface area (Å²) in [6, 6.07) is 7.14. The average molecular weight is 345 g/mol. The fourth-order valence-electron chi connectivity index (χ4n) is 2.94. The number of carbonyl (C=O) groups is 3. The van der Waals surface area contributed by atoms with Gasteiger partial charge in [-0.3, -0.25) is 14.9 Å². The highest BCUT2D eigenvalue weighted by Gasteiger charge is 2.36. The Kier molecular flexibility index (Phi) is 5.21. The summed E-state index contributed by atoms with van der Waals surface area (Å²) in [5.41, 5.74) is 1.54. The maximum absolute atomic E-state index is 12.3. The van der Waals surface area contributed by atoms with Gasteiger partial charge in [-0.1, -0.05) is 12.1 Å². The summed E-state index contributed by atoms with van der Waals surface area (Å²) in [7, 11) is 1.30. The Morgan fingerprint density at radius 2 is 1.96 bits per heavy atom. The lowest BCUT2D eigenvalue weighted by molar-refractivity contribution is -0.129. The van der Waals surface area contributed by atoms with Gasteiger partial charge in [-0.15, -0.1) is 0 Å². The van der Waals surface area contributed by atoms with Crippen LogP contribution in [0.3, 0.4) is 0 Å². The molecule has 134 valence electrons. The maximum Gasteiger partial charge on any atom is 0.411 e. The predicted molar refractivity (Wildman–Crippen MR) is 91.7 cm³/mol. The van der Waals surface area contributed by atoms with Gasteiger partial charge in [0.2, 0.25) is 11.8 Å². The van der Waals surface area contributed by atoms with E-state index in [1.807, 2.05) is 17.0 Å². The third-order valence-electron chi connectivity index (χ3n) is 4.61. The minimum absolute atomic E-state index is 0.0802. The number of hydrogen-bond donors (Lipinski definition) is 2. The molecule has 1 aliphatic carbocycles. The van der Waals surface area contributed by atoms with Crippen molar-refractivity contribution in [2.24, 2.45) is 11.8 Å². The fraction of sp³-hybridized carbons (Fsp3) is 0.500. The molecule has 0 aromatic heterocycles. The molecule has 2 N–H and O–H groups in total. The van der Waals surface area contributed by atoms with E-state index in [4.69, 9.17) is 0 Å². The van der Waals surface area contributed by atoms with Crippen LogP contribution in [-0.2, 0) is 20.9 Å². The second-order valence-corrected chi connectivity index (χ2v) is 6.67. The van der Waals surface area contributed by atoms with Crippen LogP contribution in [0.1, 0.15) is 24.8 Å². The van der Waals surface area contributed by atoms with Crippen LogP contribution in [0.2, 0.25) is 0 Å². The van der Waals surface area contributed by atoms with Crippen LogP contribution < -0.4 is 10.6 Å². The SMILES string of the molecule is COC(=O)Nc1ccc(CNC(=O)[C@H]2CC(=O)N(CC3CC3)C2)cc1. The van der Waals surface area contributed by atoms with E-state index in [0.717, 1.165) is 12.1 Å². The highest BCUT2D eigenvalue weighted by molar-refractivity contribution is 5.89. The van der Waals surface area contributed by atoms with Crippen molar-refractivity contribution in [3.8, 4) is 0 Å². The van der Waals surface area contributed by atoms with Gasteiger partial charge in [0, 0.05) is 31.7 Å². The lowest BCUT2D eigenvalue weighted by Crippen LogP contribution is -2.33. The molecule has 2 aliphatic rings. The second kappa shape index (κ2) is 7.55. The zero-order chi connectivity index (χ0) is 17.8. The van der Waals surface area contributed by atoms with Crippen LogP contribution in [0, 0.1) is 11.8 Å². The van der Waals surface area contributed by atoms with E-state index in [1.165, 1.54) is 20.0 Å². The average Bonchev–Trinajstić information content (AvgIpc) is 3.36. The van der Waals surface area contributed by atoms with E-state index < -0.39 is 6.09 Å². The van der Waals surface area contributed by atoms with Crippen molar-refractivity contribution in [1.29, 1.82) is 0 Å². The number of ether oxygens (including phenoxy) is 1. The minimum atomic E-state index is -0.525. The number of benzene rings is 1. The van der Waals surface area contributed by atoms with Crippen molar-refractivity contribution in [2.45, 2.75) is 25.8 Å². The molecule has 0 bridgehead atoms. The fourth-order valence-corrected chi connectivity index (χ4v) is 2.94. The molecule has 7 heteroatoms. The molecule has 1 aliphatic heterocycles. The van der Waals surface area contributed by atoms with E-state index >= 15 is 0 Å². The largest absolute Gasteiger partial charge is 0.453 e. The zero-order valence-corrected chi connectivity index (χ0v) is 14.3. The summed E-state index contributed by atoms with van der Waals surface area (Å²) < 4.78 is 4.53. The number of amides is 3. The monoisotopic (exact) mass is 345 g/mol. The molecular formula is C18H23N3O4. The first kappa shape index (κ1) is 17.3. The van der Waals surface area contributed by atoms with Crippen molar-refractivity contribution in [1.82, 2.24) is 10.2 Å². The van der Waals surface area contributed by atoms with Crippen LogP contribution in [0.15, 0.2) is 24.3 Å². The van der Waals surface area contributed by atoms with Gasteiger partial charge >= 0.3 is 6.09 Å². The number of rotatable bonds is 6. The Morgan fingerprint density at radius 1 is 1.24 bits per heavy atom. The van der Waals surface area contributed by atoms with E-state index in [2.05, 4.69) is 15.4 Å². The van der Waals surface area contributed by atoms with Crippen molar-refractivity contribution >= 4 is 23.6 Å². The van der Waals surface area contributed by atoms with Gasteiger partial charge < -0.3 is 15.0 Å². The van der Waals surface area contributed by atoms with Crippen LogP contribution in [0.4, 0.5) is 10.5 Å². The zero-order valence-electron chi connectivity index (χ0n) is 14.3. The van der Waals surface area contributed by atoms with Gasteiger partial charge in [0.15, 0.2) is 0 Å². The molecule has 1 saturated heterocycles. The van der Waals surface area contributed by atoms with Crippen molar-refractivity contribution in [2.75, 3.05) is 25.5 Å². The van der Waals surface area contributed by atoms with E-state index in [-0.39, 0.29) is 17.7 Å². The number of likely N-dealkylation sites (tertiary alicyclic amines) is 1. The molecule has 1 aromatic carbocycles. The molecule has 0 spiro atoms. The lowest BCUT2D eigenvalue weighted by Gasteiger charge is -2.16. The van der Waals surface area contributed by atoms with Gasteiger partial charge in [0.05, 0.1) is 13.0 Å². The van der Waals surface area contributed by atoms with Gasteiger partial charge in [0.1, 0.15) is 0 Å². The molecule has 0 unspecified atom stereocenters. The summed E-state index contributed by atoms with van der Waals surface area (Å²) >= 11 is 0. The van der Waals surface area contributed by atoms with Gasteiger partial charge in [-0.05, 0) is 36.5 Å². The normalized spacial score (nSPS) is 19.6. The minimum Gasteiger partial charge on any atom is -0.453 e. The first-order valence-corrected chi connectivity index (χ1v) is 8.54. The summed E-state index contributed by atoms with van der Waals surface area (Å²) in [5, 5.41) is 5.46. The molecule has 0 radical (unpaired) electrons. The summed E-state index contributed by atoms with van der Waals surface area (Å²) in [5.74, 6) is 0.392. The highest BCUT2D eigenvalue weighted by Crippen LogP contribution is 2.32. The Labute approximate surface area is 146 Å². The molecule has 1 atom stereocenters. The lowest BCUT2D eigenvalue weighted by atomic mass is 10.1. The summed E-state index contributed by atoms with van der Waals surface area (Å²) in [6.45, 7) is 1.73. The number of nitrogens with one attached hydrogen (secondary N) is 2. The first-order chi connectivity index (χ1) is 12.0. The summed E-state index contributed by atoms with van der Waals surface area (Å²) in [6.07, 6.45) is 2.17. The van der Waals surface area contributed by atoms with Crippen molar-refractivity contribution in [3.05, 3.63) is 29.8 Å². The topological polar surface area (TPSA) is 87.7 Å². The molecular weight excluding hydrogens is 322 g/mol. The Morgan fingerprint density at radius 3 is 2.60 bits per heavy atom. The number of nitrogens with zero attached hydrogens (tertiary/aromatic N) is 1. The molecule has 3 rings (SSSR count). The number of carbonyl (C=O) groups excluding carboxylic acids is 3. The van der Waals surface area contributed by atoms with Crippen LogP contribution in [0.5, 0.6) is 0 Å². The smallest absolute Gasteiger partial charge is 0.411 e. The highest BCUT2D eigenvalue weighted by atomic mass is 16.5. The van der Waals surface area contributed by atoms with Crippen LogP contribution in [0.25, 0.3) is 0 Å². The van der Waals surface area contributed by atoms with Crippen LogP contribution in [-0.4, -0.2) is 43.0 Å². The molecule has 7 nitrogen and oxygen atoms in total. The second-order valence-electron chi connectivity index (χ2n) is 6.67. The Bertz CT molecular complexity index is 655. The molecule has 1 saturated carbocycles. The third-order valence-corrected chi connectivity index (χ3v) is 4.61. The first-order valence-electron chi connectivity index (χ1n) is 8.54. The third kappa shape index (κ3) is 4.71.